The summed E-state index contributed by atoms with van der Waals surface area (Å²) < 4.78 is 14.2. The first-order valence-corrected chi connectivity index (χ1v) is 6.34. The number of hydrogen-bond donors (Lipinski definition) is 1. The number of aryl methyl sites for hydroxylation is 1. The third-order valence-electron chi connectivity index (χ3n) is 3.70. The molecule has 1 saturated heterocycles. The van der Waals surface area contributed by atoms with E-state index in [4.69, 9.17) is 5.73 Å². The third-order valence-corrected chi connectivity index (χ3v) is 3.70. The first kappa shape index (κ1) is 12.4. The van der Waals surface area contributed by atoms with Crippen molar-refractivity contribution < 1.29 is 4.39 Å². The van der Waals surface area contributed by atoms with Crippen LogP contribution in [0.3, 0.4) is 0 Å². The summed E-state index contributed by atoms with van der Waals surface area (Å²) in [6.45, 7) is 3.94. The SMILES string of the molecule is Cc1ccccc1N1CCCC(F)(CN)CC1. The molecule has 1 aliphatic rings. The number of nitrogens with zero attached hydrogens (tertiary/aromatic N) is 1. The van der Waals surface area contributed by atoms with Crippen LogP contribution in [-0.4, -0.2) is 25.3 Å². The average molecular weight is 236 g/mol. The van der Waals surface area contributed by atoms with Gasteiger partial charge in [-0.05, 0) is 31.4 Å². The fourth-order valence-corrected chi connectivity index (χ4v) is 2.52. The molecule has 1 unspecified atom stereocenters. The molecule has 1 aromatic carbocycles. The van der Waals surface area contributed by atoms with Gasteiger partial charge in [-0.3, -0.25) is 0 Å². The lowest BCUT2D eigenvalue weighted by Gasteiger charge is -2.25. The zero-order valence-corrected chi connectivity index (χ0v) is 10.5. The molecule has 3 heteroatoms. The van der Waals surface area contributed by atoms with Crippen LogP contribution in [0.15, 0.2) is 24.3 Å². The van der Waals surface area contributed by atoms with Crippen LogP contribution in [0.25, 0.3) is 0 Å². The second-order valence-electron chi connectivity index (χ2n) is 4.98. The molecule has 1 aromatic rings. The van der Waals surface area contributed by atoms with Crippen LogP contribution in [0.4, 0.5) is 10.1 Å². The molecule has 94 valence electrons. The van der Waals surface area contributed by atoms with Gasteiger partial charge in [0, 0.05) is 31.7 Å². The van der Waals surface area contributed by atoms with Crippen molar-refractivity contribution >= 4 is 5.69 Å². The molecule has 17 heavy (non-hydrogen) atoms. The number of alkyl halides is 1. The lowest BCUT2D eigenvalue weighted by atomic mass is 9.97. The zero-order chi connectivity index (χ0) is 12.3. The number of halogens is 1. The van der Waals surface area contributed by atoms with E-state index in [1.54, 1.807) is 0 Å². The normalized spacial score (nSPS) is 25.7. The second kappa shape index (κ2) is 5.05. The van der Waals surface area contributed by atoms with Crippen molar-refractivity contribution in [2.45, 2.75) is 31.9 Å². The summed E-state index contributed by atoms with van der Waals surface area (Å²) in [5, 5.41) is 0. The Morgan fingerprint density at radius 3 is 2.76 bits per heavy atom. The van der Waals surface area contributed by atoms with Crippen LogP contribution in [0, 0.1) is 6.92 Å². The number of anilines is 1. The van der Waals surface area contributed by atoms with Crippen molar-refractivity contribution in [1.29, 1.82) is 0 Å². The minimum atomic E-state index is -1.16. The molecular formula is C14H21FN2. The Morgan fingerprint density at radius 1 is 1.29 bits per heavy atom. The molecule has 0 bridgehead atoms. The Kier molecular flexibility index (Phi) is 3.67. The molecule has 2 N–H and O–H groups in total. The fourth-order valence-electron chi connectivity index (χ4n) is 2.52. The van der Waals surface area contributed by atoms with Gasteiger partial charge in [0.1, 0.15) is 5.67 Å². The van der Waals surface area contributed by atoms with Crippen LogP contribution in [-0.2, 0) is 0 Å². The highest BCUT2D eigenvalue weighted by atomic mass is 19.1. The lowest BCUT2D eigenvalue weighted by Crippen LogP contribution is -2.34. The fraction of sp³-hybridized carbons (Fsp3) is 0.571. The number of benzene rings is 1. The Labute approximate surface area is 103 Å². The first-order chi connectivity index (χ1) is 8.14. The summed E-state index contributed by atoms with van der Waals surface area (Å²) in [7, 11) is 0. The summed E-state index contributed by atoms with van der Waals surface area (Å²) in [4.78, 5) is 2.28. The van der Waals surface area contributed by atoms with E-state index in [-0.39, 0.29) is 6.54 Å². The Balaban J connectivity index is 2.12. The largest absolute Gasteiger partial charge is 0.371 e. The molecule has 2 nitrogen and oxygen atoms in total. The van der Waals surface area contributed by atoms with E-state index >= 15 is 0 Å². The lowest BCUT2D eigenvalue weighted by molar-refractivity contribution is 0.155. The Bertz CT molecular complexity index is 380. The van der Waals surface area contributed by atoms with Crippen LogP contribution < -0.4 is 10.6 Å². The Hall–Kier alpha value is -1.09. The van der Waals surface area contributed by atoms with Gasteiger partial charge in [-0.25, -0.2) is 4.39 Å². The van der Waals surface area contributed by atoms with Crippen molar-refractivity contribution in [1.82, 2.24) is 0 Å². The van der Waals surface area contributed by atoms with Gasteiger partial charge in [0.25, 0.3) is 0 Å². The molecule has 2 rings (SSSR count). The molecule has 0 radical (unpaired) electrons. The van der Waals surface area contributed by atoms with Crippen molar-refractivity contribution in [3.05, 3.63) is 29.8 Å². The monoisotopic (exact) mass is 236 g/mol. The van der Waals surface area contributed by atoms with E-state index < -0.39 is 5.67 Å². The van der Waals surface area contributed by atoms with Gasteiger partial charge in [0.15, 0.2) is 0 Å². The second-order valence-corrected chi connectivity index (χ2v) is 4.98. The number of nitrogens with two attached hydrogens (primary N) is 1. The molecular weight excluding hydrogens is 215 g/mol. The smallest absolute Gasteiger partial charge is 0.124 e. The number of rotatable bonds is 2. The van der Waals surface area contributed by atoms with Crippen molar-refractivity contribution in [2.24, 2.45) is 5.73 Å². The van der Waals surface area contributed by atoms with E-state index in [0.717, 1.165) is 19.5 Å². The van der Waals surface area contributed by atoms with Crippen molar-refractivity contribution in [2.75, 3.05) is 24.5 Å². The van der Waals surface area contributed by atoms with Crippen LogP contribution in [0.5, 0.6) is 0 Å². The Morgan fingerprint density at radius 2 is 2.06 bits per heavy atom. The minimum absolute atomic E-state index is 0.147. The average Bonchev–Trinajstić information content (AvgIpc) is 2.53. The van der Waals surface area contributed by atoms with Gasteiger partial charge in [-0.2, -0.15) is 0 Å². The van der Waals surface area contributed by atoms with E-state index in [1.807, 2.05) is 12.1 Å². The van der Waals surface area contributed by atoms with Crippen molar-refractivity contribution in [3.8, 4) is 0 Å². The molecule has 0 spiro atoms. The molecule has 1 aliphatic heterocycles. The topological polar surface area (TPSA) is 29.3 Å². The van der Waals surface area contributed by atoms with E-state index in [1.165, 1.54) is 11.3 Å². The van der Waals surface area contributed by atoms with E-state index in [0.29, 0.717) is 12.8 Å². The highest BCUT2D eigenvalue weighted by Gasteiger charge is 2.31. The van der Waals surface area contributed by atoms with Gasteiger partial charge in [0.05, 0.1) is 0 Å². The predicted octanol–water partition coefficient (Wildman–Crippen LogP) is 2.65. The maximum atomic E-state index is 14.2. The summed E-state index contributed by atoms with van der Waals surface area (Å²) in [6.07, 6.45) is 2.01. The number of hydrogen-bond acceptors (Lipinski definition) is 2. The molecule has 1 atom stereocenters. The maximum absolute atomic E-state index is 14.2. The third kappa shape index (κ3) is 2.78. The molecule has 1 fully saturated rings. The minimum Gasteiger partial charge on any atom is -0.371 e. The highest BCUT2D eigenvalue weighted by molar-refractivity contribution is 5.53. The molecule has 0 aliphatic carbocycles. The van der Waals surface area contributed by atoms with E-state index in [2.05, 4.69) is 24.0 Å². The van der Waals surface area contributed by atoms with E-state index in [9.17, 15) is 4.39 Å². The molecule has 0 saturated carbocycles. The molecule has 0 amide bonds. The predicted molar refractivity (Wildman–Crippen MR) is 70.1 cm³/mol. The summed E-state index contributed by atoms with van der Waals surface area (Å²) in [5.41, 5.74) is 6.86. The summed E-state index contributed by atoms with van der Waals surface area (Å²) >= 11 is 0. The number of para-hydroxylation sites is 1. The maximum Gasteiger partial charge on any atom is 0.124 e. The quantitative estimate of drug-likeness (QED) is 0.855. The van der Waals surface area contributed by atoms with Crippen LogP contribution >= 0.6 is 0 Å². The van der Waals surface area contributed by atoms with Crippen LogP contribution in [0.1, 0.15) is 24.8 Å². The van der Waals surface area contributed by atoms with Crippen LogP contribution in [0.2, 0.25) is 0 Å². The first-order valence-electron chi connectivity index (χ1n) is 6.34. The van der Waals surface area contributed by atoms with Crippen molar-refractivity contribution in [3.63, 3.8) is 0 Å². The zero-order valence-electron chi connectivity index (χ0n) is 10.5. The summed E-state index contributed by atoms with van der Waals surface area (Å²) in [5.74, 6) is 0. The molecule has 0 aromatic heterocycles. The standard InChI is InChI=1S/C14H21FN2/c1-12-5-2-3-6-13(12)17-9-4-7-14(15,11-16)8-10-17/h2-3,5-6H,4,7-11,16H2,1H3. The van der Waals surface area contributed by atoms with Gasteiger partial charge >= 0.3 is 0 Å². The summed E-state index contributed by atoms with van der Waals surface area (Å²) in [6, 6.07) is 8.30. The van der Waals surface area contributed by atoms with Gasteiger partial charge in [-0.15, -0.1) is 0 Å². The van der Waals surface area contributed by atoms with Gasteiger partial charge in [0.2, 0.25) is 0 Å². The molecule has 1 heterocycles. The van der Waals surface area contributed by atoms with Gasteiger partial charge in [-0.1, -0.05) is 18.2 Å². The van der Waals surface area contributed by atoms with Gasteiger partial charge < -0.3 is 10.6 Å². The highest BCUT2D eigenvalue weighted by Crippen LogP contribution is 2.29.